The number of unbranched alkanes of at least 4 members (excludes halogenated alkanes) is 2. The van der Waals surface area contributed by atoms with E-state index in [4.69, 9.17) is 23.4 Å². The summed E-state index contributed by atoms with van der Waals surface area (Å²) in [5.74, 6) is 18.5. The normalized spacial score (nSPS) is 9.17. The van der Waals surface area contributed by atoms with Gasteiger partial charge in [-0.25, -0.2) is 23.4 Å². The van der Waals surface area contributed by atoms with Crippen molar-refractivity contribution in [2.75, 3.05) is 0 Å². The molecule has 0 aliphatic carbocycles. The molecule has 0 saturated carbocycles. The van der Waals surface area contributed by atoms with Crippen molar-refractivity contribution in [1.82, 2.24) is 21.7 Å². The van der Waals surface area contributed by atoms with E-state index in [1.54, 1.807) is 0 Å². The largest absolute Gasteiger partial charge is 0.294 e. The van der Waals surface area contributed by atoms with Crippen LogP contribution in [-0.2, 0) is 19.2 Å². The highest BCUT2D eigenvalue weighted by molar-refractivity contribution is 5.76. The lowest BCUT2D eigenvalue weighted by Crippen LogP contribution is -2.30. The highest BCUT2D eigenvalue weighted by Crippen LogP contribution is 1.99. The molecule has 0 spiro atoms. The van der Waals surface area contributed by atoms with Gasteiger partial charge in [0.15, 0.2) is 0 Å². The van der Waals surface area contributed by atoms with Crippen molar-refractivity contribution < 1.29 is 19.2 Å². The van der Waals surface area contributed by atoms with Crippen molar-refractivity contribution in [2.24, 2.45) is 23.4 Å². The summed E-state index contributed by atoms with van der Waals surface area (Å²) >= 11 is 0. The summed E-state index contributed by atoms with van der Waals surface area (Å²) < 4.78 is 0. The molecule has 12 heteroatoms. The van der Waals surface area contributed by atoms with Gasteiger partial charge in [0.2, 0.25) is 23.6 Å². The fourth-order valence-electron chi connectivity index (χ4n) is 1.43. The van der Waals surface area contributed by atoms with Crippen molar-refractivity contribution in [3.63, 3.8) is 0 Å². The van der Waals surface area contributed by atoms with Gasteiger partial charge in [-0.2, -0.15) is 0 Å². The van der Waals surface area contributed by atoms with E-state index in [2.05, 4.69) is 0 Å². The third-order valence-electron chi connectivity index (χ3n) is 2.76. The van der Waals surface area contributed by atoms with E-state index in [-0.39, 0.29) is 23.6 Å². The van der Waals surface area contributed by atoms with Crippen molar-refractivity contribution in [3.05, 3.63) is 0 Å². The van der Waals surface area contributed by atoms with Gasteiger partial charge in [-0.05, 0) is 25.7 Å². The molecule has 12 N–H and O–H groups in total. The van der Waals surface area contributed by atoms with Gasteiger partial charge < -0.3 is 0 Å². The lowest BCUT2D eigenvalue weighted by atomic mass is 10.2. The molecule has 0 rings (SSSR count). The molecule has 140 valence electrons. The number of nitrogens with two attached hydrogens (primary N) is 4. The first kappa shape index (κ1) is 24.0. The Kier molecular flexibility index (Phi) is 17.1. The maximum atomic E-state index is 10.6. The first-order valence-corrected chi connectivity index (χ1v) is 7.39. The molecular weight excluding hydrogens is 320 g/mol. The predicted octanol–water partition coefficient (Wildman–Crippen LogP) is -2.95. The van der Waals surface area contributed by atoms with Gasteiger partial charge in [0.05, 0.1) is 0 Å². The minimum absolute atomic E-state index is 0.219. The average molecular weight is 348 g/mol. The molecule has 0 heterocycles. The summed E-state index contributed by atoms with van der Waals surface area (Å²) in [6.45, 7) is 0. The van der Waals surface area contributed by atoms with Gasteiger partial charge in [0.1, 0.15) is 0 Å². The van der Waals surface area contributed by atoms with Crippen LogP contribution in [0, 0.1) is 0 Å². The predicted molar refractivity (Wildman–Crippen MR) is 86.3 cm³/mol. The van der Waals surface area contributed by atoms with Crippen LogP contribution >= 0.6 is 0 Å². The van der Waals surface area contributed by atoms with E-state index in [0.29, 0.717) is 51.4 Å². The highest BCUT2D eigenvalue weighted by Gasteiger charge is 2.01. The molecule has 0 unspecified atom stereocenters. The van der Waals surface area contributed by atoms with Crippen molar-refractivity contribution in [2.45, 2.75) is 51.4 Å². The molecule has 0 aromatic heterocycles. The van der Waals surface area contributed by atoms with Gasteiger partial charge in [-0.15, -0.1) is 0 Å². The number of hydrogen-bond donors (Lipinski definition) is 8. The van der Waals surface area contributed by atoms with E-state index in [9.17, 15) is 19.2 Å². The minimum atomic E-state index is -0.219. The Labute approximate surface area is 140 Å². The highest BCUT2D eigenvalue weighted by atomic mass is 16.2. The Morgan fingerprint density at radius 3 is 0.750 bits per heavy atom. The van der Waals surface area contributed by atoms with Gasteiger partial charge >= 0.3 is 0 Å². The number of amides is 4. The van der Waals surface area contributed by atoms with Gasteiger partial charge in [-0.1, -0.05) is 0 Å². The zero-order chi connectivity index (χ0) is 18.8. The van der Waals surface area contributed by atoms with Crippen molar-refractivity contribution in [3.8, 4) is 0 Å². The van der Waals surface area contributed by atoms with Crippen LogP contribution < -0.4 is 45.1 Å². The van der Waals surface area contributed by atoms with E-state index in [0.717, 1.165) is 0 Å². The lowest BCUT2D eigenvalue weighted by Gasteiger charge is -1.99. The molecule has 0 bridgehead atoms. The van der Waals surface area contributed by atoms with Gasteiger partial charge in [0, 0.05) is 25.7 Å². The number of nitrogens with one attached hydrogen (secondary N) is 4. The van der Waals surface area contributed by atoms with Crippen LogP contribution in [0.15, 0.2) is 0 Å². The Morgan fingerprint density at radius 2 is 0.625 bits per heavy atom. The maximum Gasteiger partial charge on any atom is 0.233 e. The summed E-state index contributed by atoms with van der Waals surface area (Å²) in [6.07, 6.45) is 3.91. The number of hydrogen-bond acceptors (Lipinski definition) is 8. The van der Waals surface area contributed by atoms with Crippen LogP contribution in [0.2, 0.25) is 0 Å². The quantitative estimate of drug-likeness (QED) is 0.0880. The number of carbonyl (C=O) groups is 4. The molecule has 12 nitrogen and oxygen atoms in total. The monoisotopic (exact) mass is 348 g/mol. The van der Waals surface area contributed by atoms with Crippen LogP contribution in [0.5, 0.6) is 0 Å². The first-order valence-electron chi connectivity index (χ1n) is 7.39. The van der Waals surface area contributed by atoms with Crippen LogP contribution in [0.3, 0.4) is 0 Å². The number of hydrazine groups is 4. The summed E-state index contributed by atoms with van der Waals surface area (Å²) in [5.41, 5.74) is 8.01. The zero-order valence-electron chi connectivity index (χ0n) is 13.6. The second kappa shape index (κ2) is 17.1. The molecule has 4 amide bonds. The van der Waals surface area contributed by atoms with E-state index in [1.165, 1.54) is 0 Å². The Morgan fingerprint density at radius 1 is 0.458 bits per heavy atom. The van der Waals surface area contributed by atoms with E-state index in [1.807, 2.05) is 21.7 Å². The maximum absolute atomic E-state index is 10.6. The second-order valence-electron chi connectivity index (χ2n) is 4.68. The van der Waals surface area contributed by atoms with Crippen molar-refractivity contribution in [1.29, 1.82) is 0 Å². The third kappa shape index (κ3) is 17.8. The summed E-state index contributed by atoms with van der Waals surface area (Å²) in [6, 6.07) is 0. The topological polar surface area (TPSA) is 220 Å². The summed E-state index contributed by atoms with van der Waals surface area (Å²) in [7, 11) is 0. The summed E-state index contributed by atoms with van der Waals surface area (Å²) in [4.78, 5) is 42.3. The van der Waals surface area contributed by atoms with Crippen LogP contribution in [0.1, 0.15) is 51.4 Å². The van der Waals surface area contributed by atoms with Crippen LogP contribution in [0.25, 0.3) is 0 Å². The molecular formula is C12H28N8O4. The summed E-state index contributed by atoms with van der Waals surface area (Å²) in [5, 5.41) is 0. The standard InChI is InChI=1S/2C6H14N4O2/c2*7-9-5(11)3-1-2-4-6(12)10-8/h2*1-4,7-8H2,(H,9,11)(H,10,12). The molecule has 24 heavy (non-hydrogen) atoms. The zero-order valence-corrected chi connectivity index (χ0v) is 13.6. The van der Waals surface area contributed by atoms with Crippen LogP contribution in [-0.4, -0.2) is 23.6 Å². The molecule has 0 aliphatic heterocycles. The van der Waals surface area contributed by atoms with Gasteiger partial charge in [-0.3, -0.25) is 40.9 Å². The molecule has 0 saturated heterocycles. The van der Waals surface area contributed by atoms with E-state index < -0.39 is 0 Å². The molecule has 0 radical (unpaired) electrons. The molecule has 0 aliphatic rings. The molecule has 0 aromatic carbocycles. The van der Waals surface area contributed by atoms with Crippen molar-refractivity contribution >= 4 is 23.6 Å². The fraction of sp³-hybridized carbons (Fsp3) is 0.667. The fourth-order valence-corrected chi connectivity index (χ4v) is 1.43. The average Bonchev–Trinajstić information content (AvgIpc) is 2.61. The second-order valence-corrected chi connectivity index (χ2v) is 4.68. The smallest absolute Gasteiger partial charge is 0.233 e. The van der Waals surface area contributed by atoms with E-state index >= 15 is 0 Å². The molecule has 0 aromatic rings. The Balaban J connectivity index is 0. The SMILES string of the molecule is NNC(=O)CCCCC(=O)NN.NNC(=O)CCCCC(=O)NN. The van der Waals surface area contributed by atoms with Crippen LogP contribution in [0.4, 0.5) is 0 Å². The Bertz CT molecular complexity index is 319. The minimum Gasteiger partial charge on any atom is -0.294 e. The number of carbonyl (C=O) groups excluding carboxylic acids is 4. The Hall–Kier alpha value is -2.28. The number of rotatable bonds is 10. The van der Waals surface area contributed by atoms with Gasteiger partial charge in [0.25, 0.3) is 0 Å². The first-order chi connectivity index (χ1) is 11.4. The third-order valence-corrected chi connectivity index (χ3v) is 2.76. The molecule has 0 fully saturated rings. The molecule has 0 atom stereocenters. The lowest BCUT2D eigenvalue weighted by molar-refractivity contribution is -0.123.